The molecule has 0 saturated carbocycles. The first kappa shape index (κ1) is 13.7. The van der Waals surface area contributed by atoms with Crippen LogP contribution in [0.3, 0.4) is 0 Å². The minimum absolute atomic E-state index is 0.496. The molecule has 0 amide bonds. The van der Waals surface area contributed by atoms with E-state index >= 15 is 0 Å². The molecule has 0 aliphatic rings. The summed E-state index contributed by atoms with van der Waals surface area (Å²) in [5, 5.41) is 0.496. The van der Waals surface area contributed by atoms with Gasteiger partial charge in [0.2, 0.25) is 0 Å². The first-order chi connectivity index (χ1) is 8.72. The Kier molecular flexibility index (Phi) is 4.91. The Hall–Kier alpha value is -0.720. The molecule has 1 aromatic heterocycles. The van der Waals surface area contributed by atoms with Gasteiger partial charge in [-0.1, -0.05) is 41.9 Å². The molecule has 3 nitrogen and oxygen atoms in total. The van der Waals surface area contributed by atoms with E-state index in [1.807, 2.05) is 30.3 Å². The SMILES string of the molecule is COCCc1nc(Cl)c(I)c(-c2ccccc2)n1. The topological polar surface area (TPSA) is 35.0 Å². The summed E-state index contributed by atoms with van der Waals surface area (Å²) in [7, 11) is 1.66. The van der Waals surface area contributed by atoms with Crippen LogP contribution < -0.4 is 0 Å². The van der Waals surface area contributed by atoms with Crippen molar-refractivity contribution in [3.8, 4) is 11.3 Å². The number of rotatable bonds is 4. The molecule has 0 aliphatic heterocycles. The van der Waals surface area contributed by atoms with Crippen molar-refractivity contribution in [1.29, 1.82) is 0 Å². The molecular weight excluding hydrogens is 363 g/mol. The highest BCUT2D eigenvalue weighted by atomic mass is 127. The van der Waals surface area contributed by atoms with Crippen molar-refractivity contribution in [3.63, 3.8) is 0 Å². The number of methoxy groups -OCH3 is 1. The van der Waals surface area contributed by atoms with Crippen LogP contribution in [0.4, 0.5) is 0 Å². The summed E-state index contributed by atoms with van der Waals surface area (Å²) in [6.45, 7) is 0.588. The van der Waals surface area contributed by atoms with Crippen molar-refractivity contribution in [2.75, 3.05) is 13.7 Å². The lowest BCUT2D eigenvalue weighted by Crippen LogP contribution is -2.04. The predicted octanol–water partition coefficient (Wildman–Crippen LogP) is 3.59. The smallest absolute Gasteiger partial charge is 0.146 e. The highest BCUT2D eigenvalue weighted by Crippen LogP contribution is 2.27. The summed E-state index contributed by atoms with van der Waals surface area (Å²) in [5.41, 5.74) is 1.92. The van der Waals surface area contributed by atoms with Gasteiger partial charge in [0.25, 0.3) is 0 Å². The number of halogens is 2. The molecule has 94 valence electrons. The maximum atomic E-state index is 6.15. The number of nitrogens with zero attached hydrogens (tertiary/aromatic N) is 2. The van der Waals surface area contributed by atoms with Crippen LogP contribution in [0.25, 0.3) is 11.3 Å². The zero-order valence-electron chi connectivity index (χ0n) is 9.86. The molecule has 0 radical (unpaired) electrons. The molecule has 0 saturated heterocycles. The van der Waals surface area contributed by atoms with Crippen LogP contribution in [0.1, 0.15) is 5.82 Å². The quantitative estimate of drug-likeness (QED) is 0.606. The van der Waals surface area contributed by atoms with Crippen LogP contribution in [0.2, 0.25) is 5.15 Å². The lowest BCUT2D eigenvalue weighted by Gasteiger charge is -2.08. The molecular formula is C13H12ClIN2O. The molecule has 0 fully saturated rings. The van der Waals surface area contributed by atoms with Gasteiger partial charge in [0.05, 0.1) is 15.9 Å². The number of hydrogen-bond donors (Lipinski definition) is 0. The summed E-state index contributed by atoms with van der Waals surface area (Å²) < 4.78 is 5.91. The lowest BCUT2D eigenvalue weighted by molar-refractivity contribution is 0.200. The van der Waals surface area contributed by atoms with Crippen LogP contribution >= 0.6 is 34.2 Å². The molecule has 0 bridgehead atoms. The average molecular weight is 375 g/mol. The maximum absolute atomic E-state index is 6.15. The molecule has 18 heavy (non-hydrogen) atoms. The molecule has 2 rings (SSSR count). The van der Waals surface area contributed by atoms with E-state index in [1.54, 1.807) is 7.11 Å². The van der Waals surface area contributed by atoms with E-state index in [0.29, 0.717) is 24.0 Å². The average Bonchev–Trinajstić information content (AvgIpc) is 2.41. The van der Waals surface area contributed by atoms with Crippen LogP contribution in [0.15, 0.2) is 30.3 Å². The van der Waals surface area contributed by atoms with Crippen molar-refractivity contribution < 1.29 is 4.74 Å². The van der Waals surface area contributed by atoms with E-state index in [0.717, 1.165) is 14.8 Å². The minimum Gasteiger partial charge on any atom is -0.384 e. The molecule has 0 atom stereocenters. The second-order valence-electron chi connectivity index (χ2n) is 3.70. The van der Waals surface area contributed by atoms with Crippen LogP contribution in [-0.4, -0.2) is 23.7 Å². The van der Waals surface area contributed by atoms with E-state index < -0.39 is 0 Å². The first-order valence-electron chi connectivity index (χ1n) is 5.48. The zero-order valence-corrected chi connectivity index (χ0v) is 12.8. The highest BCUT2D eigenvalue weighted by molar-refractivity contribution is 14.1. The highest BCUT2D eigenvalue weighted by Gasteiger charge is 2.12. The summed E-state index contributed by atoms with van der Waals surface area (Å²) >= 11 is 8.32. The molecule has 1 aromatic carbocycles. The number of ether oxygens (including phenoxy) is 1. The molecule has 1 heterocycles. The van der Waals surface area contributed by atoms with Gasteiger partial charge >= 0.3 is 0 Å². The number of aromatic nitrogens is 2. The third kappa shape index (κ3) is 3.18. The fourth-order valence-corrected chi connectivity index (χ4v) is 2.30. The van der Waals surface area contributed by atoms with E-state index in [-0.39, 0.29) is 0 Å². The van der Waals surface area contributed by atoms with Gasteiger partial charge < -0.3 is 4.74 Å². The van der Waals surface area contributed by atoms with E-state index in [9.17, 15) is 0 Å². The van der Waals surface area contributed by atoms with E-state index in [2.05, 4.69) is 32.6 Å². The molecule has 0 spiro atoms. The number of benzene rings is 1. The van der Waals surface area contributed by atoms with Crippen molar-refractivity contribution in [2.45, 2.75) is 6.42 Å². The fourth-order valence-electron chi connectivity index (χ4n) is 1.56. The molecule has 2 aromatic rings. The van der Waals surface area contributed by atoms with Gasteiger partial charge in [-0.15, -0.1) is 0 Å². The second kappa shape index (κ2) is 6.45. The Morgan fingerprint density at radius 2 is 1.94 bits per heavy atom. The normalized spacial score (nSPS) is 10.6. The summed E-state index contributed by atoms with van der Waals surface area (Å²) in [6.07, 6.45) is 0.660. The van der Waals surface area contributed by atoms with Gasteiger partial charge in [0, 0.05) is 19.1 Å². The third-order valence-corrected chi connectivity index (χ3v) is 4.05. The Balaban J connectivity index is 2.43. The molecule has 5 heteroatoms. The molecule has 0 unspecified atom stereocenters. The van der Waals surface area contributed by atoms with Crippen LogP contribution in [0, 0.1) is 3.57 Å². The largest absolute Gasteiger partial charge is 0.384 e. The van der Waals surface area contributed by atoms with Crippen LogP contribution in [0.5, 0.6) is 0 Å². The van der Waals surface area contributed by atoms with E-state index in [1.165, 1.54) is 0 Å². The van der Waals surface area contributed by atoms with Gasteiger partial charge in [-0.2, -0.15) is 0 Å². The van der Waals surface area contributed by atoms with Crippen molar-refractivity contribution >= 4 is 34.2 Å². The summed E-state index contributed by atoms with van der Waals surface area (Å²) in [4.78, 5) is 8.82. The Morgan fingerprint density at radius 3 is 2.61 bits per heavy atom. The fraction of sp³-hybridized carbons (Fsp3) is 0.231. The molecule has 0 aliphatic carbocycles. The first-order valence-corrected chi connectivity index (χ1v) is 6.94. The minimum atomic E-state index is 0.496. The van der Waals surface area contributed by atoms with Crippen molar-refractivity contribution in [1.82, 2.24) is 9.97 Å². The van der Waals surface area contributed by atoms with Gasteiger partial charge in [-0.05, 0) is 22.6 Å². The van der Waals surface area contributed by atoms with Crippen LogP contribution in [-0.2, 0) is 11.2 Å². The summed E-state index contributed by atoms with van der Waals surface area (Å²) in [6, 6.07) is 9.97. The lowest BCUT2D eigenvalue weighted by atomic mass is 10.1. The van der Waals surface area contributed by atoms with Gasteiger partial charge in [0.1, 0.15) is 11.0 Å². The monoisotopic (exact) mass is 374 g/mol. The summed E-state index contributed by atoms with van der Waals surface area (Å²) in [5.74, 6) is 0.709. The van der Waals surface area contributed by atoms with E-state index in [4.69, 9.17) is 16.3 Å². The zero-order chi connectivity index (χ0) is 13.0. The Morgan fingerprint density at radius 1 is 1.22 bits per heavy atom. The van der Waals surface area contributed by atoms with Gasteiger partial charge in [-0.3, -0.25) is 0 Å². The Bertz CT molecular complexity index is 534. The van der Waals surface area contributed by atoms with Crippen molar-refractivity contribution in [2.24, 2.45) is 0 Å². The van der Waals surface area contributed by atoms with Crippen molar-refractivity contribution in [3.05, 3.63) is 44.9 Å². The molecule has 0 N–H and O–H groups in total. The predicted molar refractivity (Wildman–Crippen MR) is 80.8 cm³/mol. The number of hydrogen-bond acceptors (Lipinski definition) is 3. The standard InChI is InChI=1S/C13H12ClIN2O/c1-18-8-7-10-16-12(11(15)13(14)17-10)9-5-3-2-4-6-9/h2-6H,7-8H2,1H3. The second-order valence-corrected chi connectivity index (χ2v) is 5.14. The van der Waals surface area contributed by atoms with Gasteiger partial charge in [0.15, 0.2) is 0 Å². The maximum Gasteiger partial charge on any atom is 0.146 e. The van der Waals surface area contributed by atoms with Gasteiger partial charge in [-0.25, -0.2) is 9.97 Å². The third-order valence-electron chi connectivity index (χ3n) is 2.43. The Labute approximate surface area is 125 Å².